The van der Waals surface area contributed by atoms with Crippen molar-refractivity contribution < 1.29 is 9.59 Å². The highest BCUT2D eigenvalue weighted by Crippen LogP contribution is 2.30. The summed E-state index contributed by atoms with van der Waals surface area (Å²) in [5.41, 5.74) is 2.77. The zero-order valence-corrected chi connectivity index (χ0v) is 12.9. The molecule has 0 bridgehead atoms. The van der Waals surface area contributed by atoms with Gasteiger partial charge in [0, 0.05) is 22.2 Å². The molecule has 0 spiro atoms. The number of thiazole rings is 1. The molecule has 1 N–H and O–H groups in total. The number of hydrogen-bond acceptors (Lipinski definition) is 4. The Morgan fingerprint density at radius 1 is 1.36 bits per heavy atom. The van der Waals surface area contributed by atoms with E-state index in [9.17, 15) is 9.59 Å². The lowest BCUT2D eigenvalue weighted by Gasteiger charge is -2.16. The Balaban J connectivity index is 1.63. The summed E-state index contributed by atoms with van der Waals surface area (Å²) in [5, 5.41) is 5.65. The van der Waals surface area contributed by atoms with E-state index in [4.69, 9.17) is 0 Å². The topological polar surface area (TPSA) is 62.3 Å². The molecule has 5 nitrogen and oxygen atoms in total. The van der Waals surface area contributed by atoms with Crippen LogP contribution in [0.1, 0.15) is 26.6 Å². The molecule has 0 aliphatic carbocycles. The summed E-state index contributed by atoms with van der Waals surface area (Å²) >= 11 is 1.54. The van der Waals surface area contributed by atoms with E-state index in [0.29, 0.717) is 17.8 Å². The number of rotatable bonds is 4. The highest BCUT2D eigenvalue weighted by atomic mass is 32.1. The molecule has 0 unspecified atom stereocenters. The number of nitrogens with one attached hydrogen (secondary N) is 1. The van der Waals surface area contributed by atoms with Gasteiger partial charge in [-0.3, -0.25) is 14.5 Å². The minimum atomic E-state index is -0.229. The molecule has 3 rings (SSSR count). The molecule has 0 fully saturated rings. The van der Waals surface area contributed by atoms with Crippen LogP contribution < -0.4 is 5.32 Å². The van der Waals surface area contributed by atoms with Gasteiger partial charge in [-0.2, -0.15) is 0 Å². The molecule has 112 valence electrons. The fourth-order valence-electron chi connectivity index (χ4n) is 2.38. The van der Waals surface area contributed by atoms with Gasteiger partial charge in [0.15, 0.2) is 0 Å². The number of carbonyl (C=O) groups excluding carboxylic acids is 2. The van der Waals surface area contributed by atoms with Crippen LogP contribution in [-0.2, 0) is 11.3 Å². The van der Waals surface area contributed by atoms with Crippen molar-refractivity contribution in [1.82, 2.24) is 15.2 Å². The Kier molecular flexibility index (Phi) is 3.77. The Labute approximate surface area is 132 Å². The van der Waals surface area contributed by atoms with Crippen LogP contribution in [0.3, 0.4) is 0 Å². The molecule has 2 aromatic rings. The van der Waals surface area contributed by atoms with Gasteiger partial charge in [0.2, 0.25) is 5.91 Å². The fourth-order valence-corrected chi connectivity index (χ4v) is 2.99. The van der Waals surface area contributed by atoms with Crippen molar-refractivity contribution in [3.8, 4) is 0 Å². The van der Waals surface area contributed by atoms with Crippen LogP contribution >= 0.6 is 11.3 Å². The highest BCUT2D eigenvalue weighted by molar-refractivity contribution is 7.09. The van der Waals surface area contributed by atoms with Crippen molar-refractivity contribution in [2.24, 2.45) is 0 Å². The third-order valence-electron chi connectivity index (χ3n) is 3.47. The summed E-state index contributed by atoms with van der Waals surface area (Å²) in [7, 11) is 0. The molecule has 0 saturated carbocycles. The molecule has 6 heteroatoms. The summed E-state index contributed by atoms with van der Waals surface area (Å²) in [5.74, 6) is -0.409. The zero-order chi connectivity index (χ0) is 15.7. The van der Waals surface area contributed by atoms with Crippen LogP contribution in [0, 0.1) is 6.92 Å². The summed E-state index contributed by atoms with van der Waals surface area (Å²) in [6.45, 7) is 6.17. The van der Waals surface area contributed by atoms with Crippen molar-refractivity contribution in [1.29, 1.82) is 0 Å². The van der Waals surface area contributed by atoms with Gasteiger partial charge in [0.1, 0.15) is 6.54 Å². The van der Waals surface area contributed by atoms with Crippen LogP contribution in [0.15, 0.2) is 36.2 Å². The summed E-state index contributed by atoms with van der Waals surface area (Å²) in [6.07, 6.45) is 0. The maximum Gasteiger partial charge on any atom is 0.259 e. The van der Waals surface area contributed by atoms with E-state index in [1.807, 2.05) is 24.4 Å². The van der Waals surface area contributed by atoms with Gasteiger partial charge in [-0.15, -0.1) is 11.3 Å². The number of nitrogens with zero attached hydrogens (tertiary/aromatic N) is 2. The average molecular weight is 313 g/mol. The molecule has 1 aromatic carbocycles. The zero-order valence-electron chi connectivity index (χ0n) is 12.1. The van der Waals surface area contributed by atoms with Crippen LogP contribution in [0.2, 0.25) is 0 Å². The van der Waals surface area contributed by atoms with Gasteiger partial charge in [-0.1, -0.05) is 24.8 Å². The van der Waals surface area contributed by atoms with Crippen molar-refractivity contribution in [3.63, 3.8) is 0 Å². The summed E-state index contributed by atoms with van der Waals surface area (Å²) in [6, 6.07) is 7.24. The summed E-state index contributed by atoms with van der Waals surface area (Å²) < 4.78 is 0. The number of fused-ring (bicyclic) bond motifs is 1. The maximum atomic E-state index is 12.3. The van der Waals surface area contributed by atoms with Crippen LogP contribution in [0.5, 0.6) is 0 Å². The Morgan fingerprint density at radius 3 is 2.73 bits per heavy atom. The van der Waals surface area contributed by atoms with E-state index in [-0.39, 0.29) is 18.4 Å². The van der Waals surface area contributed by atoms with Gasteiger partial charge in [-0.25, -0.2) is 4.98 Å². The van der Waals surface area contributed by atoms with E-state index in [1.165, 1.54) is 4.90 Å². The average Bonchev–Trinajstić information content (AvgIpc) is 3.03. The van der Waals surface area contributed by atoms with Crippen molar-refractivity contribution >= 4 is 28.8 Å². The standard InChI is InChI=1S/C16H15N3O2S/c1-10-13-5-3-4-6-14(13)16(21)19(10)8-15(20)17-7-12-9-22-11(2)18-12/h3-6,9H,1,7-8H2,2H3,(H,17,20). The lowest BCUT2D eigenvalue weighted by Crippen LogP contribution is -2.36. The van der Waals surface area contributed by atoms with Crippen molar-refractivity contribution in [3.05, 3.63) is 58.1 Å². The van der Waals surface area contributed by atoms with E-state index in [0.717, 1.165) is 16.3 Å². The molecular formula is C16H15N3O2S. The predicted molar refractivity (Wildman–Crippen MR) is 85.2 cm³/mol. The lowest BCUT2D eigenvalue weighted by molar-refractivity contribution is -0.121. The number of hydrogen-bond donors (Lipinski definition) is 1. The van der Waals surface area contributed by atoms with Crippen molar-refractivity contribution in [2.75, 3.05) is 6.54 Å². The molecular weight excluding hydrogens is 298 g/mol. The number of aromatic nitrogens is 1. The molecule has 0 saturated heterocycles. The molecule has 22 heavy (non-hydrogen) atoms. The Bertz CT molecular complexity index is 731. The number of amides is 2. The number of benzene rings is 1. The third kappa shape index (κ3) is 2.65. The van der Waals surface area contributed by atoms with E-state index >= 15 is 0 Å². The minimum absolute atomic E-state index is 0.0323. The molecule has 2 heterocycles. The normalized spacial score (nSPS) is 13.4. The monoisotopic (exact) mass is 313 g/mol. The first-order valence-electron chi connectivity index (χ1n) is 6.84. The minimum Gasteiger partial charge on any atom is -0.349 e. The highest BCUT2D eigenvalue weighted by Gasteiger charge is 2.31. The molecule has 0 atom stereocenters. The number of aryl methyl sites for hydroxylation is 1. The predicted octanol–water partition coefficient (Wildman–Crippen LogP) is 2.19. The quantitative estimate of drug-likeness (QED) is 0.941. The molecule has 1 aliphatic heterocycles. The molecule has 2 amide bonds. The van der Waals surface area contributed by atoms with Gasteiger partial charge in [-0.05, 0) is 13.0 Å². The first-order chi connectivity index (χ1) is 10.6. The van der Waals surface area contributed by atoms with Crippen molar-refractivity contribution in [2.45, 2.75) is 13.5 Å². The maximum absolute atomic E-state index is 12.3. The summed E-state index contributed by atoms with van der Waals surface area (Å²) in [4.78, 5) is 30.0. The van der Waals surface area contributed by atoms with Crippen LogP contribution in [0.25, 0.3) is 5.70 Å². The third-order valence-corrected chi connectivity index (χ3v) is 4.30. The SMILES string of the molecule is C=C1c2ccccc2C(=O)N1CC(=O)NCc1csc(C)n1. The van der Waals surface area contributed by atoms with E-state index in [1.54, 1.807) is 23.5 Å². The Morgan fingerprint density at radius 2 is 2.09 bits per heavy atom. The lowest BCUT2D eigenvalue weighted by atomic mass is 10.1. The number of carbonyl (C=O) groups is 2. The van der Waals surface area contributed by atoms with Gasteiger partial charge in [0.25, 0.3) is 5.91 Å². The van der Waals surface area contributed by atoms with Crippen LogP contribution in [0.4, 0.5) is 0 Å². The molecule has 0 radical (unpaired) electrons. The smallest absolute Gasteiger partial charge is 0.259 e. The van der Waals surface area contributed by atoms with E-state index in [2.05, 4.69) is 16.9 Å². The second-order valence-electron chi connectivity index (χ2n) is 5.02. The molecule has 1 aliphatic rings. The molecule has 1 aromatic heterocycles. The fraction of sp³-hybridized carbons (Fsp3) is 0.188. The van der Waals surface area contributed by atoms with Gasteiger partial charge < -0.3 is 5.32 Å². The van der Waals surface area contributed by atoms with Gasteiger partial charge in [0.05, 0.1) is 17.2 Å². The van der Waals surface area contributed by atoms with Crippen LogP contribution in [-0.4, -0.2) is 28.2 Å². The van der Waals surface area contributed by atoms with Gasteiger partial charge >= 0.3 is 0 Å². The van der Waals surface area contributed by atoms with E-state index < -0.39 is 0 Å². The largest absolute Gasteiger partial charge is 0.349 e. The first kappa shape index (κ1) is 14.5. The second kappa shape index (κ2) is 5.73. The second-order valence-corrected chi connectivity index (χ2v) is 6.08. The first-order valence-corrected chi connectivity index (χ1v) is 7.72. The Hall–Kier alpha value is -2.47.